The molecule has 0 aliphatic heterocycles. The third-order valence-corrected chi connectivity index (χ3v) is 4.76. The Balaban J connectivity index is 1.95. The zero-order valence-electron chi connectivity index (χ0n) is 12.9. The molecule has 0 bridgehead atoms. The number of aromatic nitrogens is 1. The highest BCUT2D eigenvalue weighted by Crippen LogP contribution is 2.37. The number of methoxy groups -OCH3 is 1. The van der Waals surface area contributed by atoms with Gasteiger partial charge in [-0.25, -0.2) is 4.98 Å². The van der Waals surface area contributed by atoms with Crippen molar-refractivity contribution in [2.75, 3.05) is 25.2 Å². The zero-order chi connectivity index (χ0) is 14.8. The molecular weight excluding hydrogens is 262 g/mol. The van der Waals surface area contributed by atoms with Gasteiger partial charge in [0.2, 0.25) is 0 Å². The lowest BCUT2D eigenvalue weighted by Crippen LogP contribution is -2.38. The lowest BCUT2D eigenvalue weighted by atomic mass is 10.1. The monoisotopic (exact) mass is 285 g/mol. The van der Waals surface area contributed by atoms with E-state index in [0.717, 1.165) is 43.1 Å². The molecule has 1 unspecified atom stereocenters. The van der Waals surface area contributed by atoms with Gasteiger partial charge in [-0.15, -0.1) is 0 Å². The number of hydrogen-bond donors (Lipinski definition) is 0. The van der Waals surface area contributed by atoms with Crippen LogP contribution >= 0.6 is 0 Å². The highest BCUT2D eigenvalue weighted by Gasteiger charge is 2.34. The van der Waals surface area contributed by atoms with Crippen LogP contribution in [0.4, 0.5) is 5.82 Å². The summed E-state index contributed by atoms with van der Waals surface area (Å²) in [5, 5.41) is 9.51. The molecule has 112 valence electrons. The van der Waals surface area contributed by atoms with Crippen LogP contribution in [-0.2, 0) is 17.6 Å². The largest absolute Gasteiger partial charge is 0.383 e. The van der Waals surface area contributed by atoms with Gasteiger partial charge in [-0.1, -0.05) is 0 Å². The molecule has 0 N–H and O–H groups in total. The van der Waals surface area contributed by atoms with Crippen molar-refractivity contribution in [2.24, 2.45) is 5.92 Å². The van der Waals surface area contributed by atoms with Crippen LogP contribution < -0.4 is 4.90 Å². The molecule has 2 aliphatic carbocycles. The first-order chi connectivity index (χ1) is 10.2. The zero-order valence-corrected chi connectivity index (χ0v) is 12.9. The summed E-state index contributed by atoms with van der Waals surface area (Å²) in [4.78, 5) is 7.15. The van der Waals surface area contributed by atoms with Gasteiger partial charge in [0.05, 0.1) is 12.2 Å². The van der Waals surface area contributed by atoms with Gasteiger partial charge in [-0.05, 0) is 56.6 Å². The number of aryl methyl sites for hydroxylation is 2. The van der Waals surface area contributed by atoms with Crippen molar-refractivity contribution in [3.05, 3.63) is 22.9 Å². The summed E-state index contributed by atoms with van der Waals surface area (Å²) in [6, 6.07) is 4.84. The minimum absolute atomic E-state index is 0.430. The summed E-state index contributed by atoms with van der Waals surface area (Å²) >= 11 is 0. The second-order valence-corrected chi connectivity index (χ2v) is 6.19. The Bertz CT molecular complexity index is 560. The van der Waals surface area contributed by atoms with Crippen molar-refractivity contribution in [1.82, 2.24) is 4.98 Å². The molecule has 1 aromatic rings. The van der Waals surface area contributed by atoms with Gasteiger partial charge in [0, 0.05) is 25.4 Å². The normalized spacial score (nSPS) is 18.1. The van der Waals surface area contributed by atoms with E-state index in [9.17, 15) is 5.26 Å². The standard InChI is InChI=1S/C17H23N3O/c1-12(13-6-7-13)20(8-9-21-2)17-15(11-18)10-14-4-3-5-16(14)19-17/h10,12-13H,3-9H2,1-2H3. The molecular formula is C17H23N3O. The van der Waals surface area contributed by atoms with Crippen molar-refractivity contribution in [2.45, 2.75) is 45.1 Å². The van der Waals surface area contributed by atoms with Crippen molar-refractivity contribution >= 4 is 5.82 Å². The van der Waals surface area contributed by atoms with Crippen molar-refractivity contribution < 1.29 is 4.74 Å². The van der Waals surface area contributed by atoms with Crippen LogP contribution in [0.25, 0.3) is 0 Å². The first-order valence-corrected chi connectivity index (χ1v) is 7.93. The van der Waals surface area contributed by atoms with E-state index in [2.05, 4.69) is 24.0 Å². The first kappa shape index (κ1) is 14.3. The summed E-state index contributed by atoms with van der Waals surface area (Å²) in [5.74, 6) is 1.61. The fraction of sp³-hybridized carbons (Fsp3) is 0.647. The molecule has 4 heteroatoms. The number of rotatable bonds is 6. The summed E-state index contributed by atoms with van der Waals surface area (Å²) in [6.45, 7) is 3.72. The Kier molecular flexibility index (Phi) is 4.12. The van der Waals surface area contributed by atoms with E-state index in [-0.39, 0.29) is 0 Å². The molecule has 0 amide bonds. The number of fused-ring (bicyclic) bond motifs is 1. The average molecular weight is 285 g/mol. The third kappa shape index (κ3) is 2.89. The van der Waals surface area contributed by atoms with Crippen molar-refractivity contribution in [3.8, 4) is 6.07 Å². The van der Waals surface area contributed by atoms with E-state index in [0.29, 0.717) is 12.6 Å². The van der Waals surface area contributed by atoms with Crippen LogP contribution in [0, 0.1) is 17.2 Å². The maximum atomic E-state index is 9.51. The molecule has 21 heavy (non-hydrogen) atoms. The predicted molar refractivity (Wildman–Crippen MR) is 82.4 cm³/mol. The fourth-order valence-corrected chi connectivity index (χ4v) is 3.29. The second-order valence-electron chi connectivity index (χ2n) is 6.19. The molecule has 1 saturated carbocycles. The minimum Gasteiger partial charge on any atom is -0.383 e. The van der Waals surface area contributed by atoms with Crippen molar-refractivity contribution in [1.29, 1.82) is 5.26 Å². The number of anilines is 1. The van der Waals surface area contributed by atoms with Crippen LogP contribution in [0.2, 0.25) is 0 Å². The molecule has 1 aromatic heterocycles. The van der Waals surface area contributed by atoms with Gasteiger partial charge >= 0.3 is 0 Å². The molecule has 0 spiro atoms. The van der Waals surface area contributed by atoms with E-state index in [1.165, 1.54) is 24.1 Å². The minimum atomic E-state index is 0.430. The molecule has 3 rings (SSSR count). The number of ether oxygens (including phenoxy) is 1. The number of nitrogens with zero attached hydrogens (tertiary/aromatic N) is 3. The van der Waals surface area contributed by atoms with Crippen LogP contribution in [0.5, 0.6) is 0 Å². The summed E-state index contributed by atoms with van der Waals surface area (Å²) in [6.07, 6.45) is 5.85. The van der Waals surface area contributed by atoms with Crippen LogP contribution in [-0.4, -0.2) is 31.3 Å². The highest BCUT2D eigenvalue weighted by molar-refractivity contribution is 5.57. The maximum Gasteiger partial charge on any atom is 0.147 e. The SMILES string of the molecule is COCCN(c1nc2c(cc1C#N)CCC2)C(C)C1CC1. The van der Waals surface area contributed by atoms with Crippen LogP contribution in [0.1, 0.15) is 43.0 Å². The Hall–Kier alpha value is -1.60. The maximum absolute atomic E-state index is 9.51. The molecule has 0 saturated heterocycles. The summed E-state index contributed by atoms with van der Waals surface area (Å²) in [5.41, 5.74) is 3.18. The first-order valence-electron chi connectivity index (χ1n) is 7.93. The average Bonchev–Trinajstić information content (AvgIpc) is 3.25. The quantitative estimate of drug-likeness (QED) is 0.806. The molecule has 2 aliphatic rings. The highest BCUT2D eigenvalue weighted by atomic mass is 16.5. The Morgan fingerprint density at radius 3 is 2.95 bits per heavy atom. The van der Waals surface area contributed by atoms with Gasteiger partial charge in [0.1, 0.15) is 11.9 Å². The Labute approximate surface area is 126 Å². The topological polar surface area (TPSA) is 49.1 Å². The Morgan fingerprint density at radius 1 is 1.48 bits per heavy atom. The summed E-state index contributed by atoms with van der Waals surface area (Å²) < 4.78 is 5.26. The van der Waals surface area contributed by atoms with E-state index >= 15 is 0 Å². The smallest absolute Gasteiger partial charge is 0.147 e. The molecule has 0 aromatic carbocycles. The summed E-state index contributed by atoms with van der Waals surface area (Å²) in [7, 11) is 1.72. The number of pyridine rings is 1. The molecule has 0 radical (unpaired) electrons. The molecule has 1 atom stereocenters. The third-order valence-electron chi connectivity index (χ3n) is 4.76. The van der Waals surface area contributed by atoms with Gasteiger partial charge in [0.15, 0.2) is 0 Å². The van der Waals surface area contributed by atoms with Gasteiger partial charge in [0.25, 0.3) is 0 Å². The van der Waals surface area contributed by atoms with E-state index in [4.69, 9.17) is 9.72 Å². The molecule has 4 nitrogen and oxygen atoms in total. The van der Waals surface area contributed by atoms with Gasteiger partial charge in [-0.2, -0.15) is 5.26 Å². The van der Waals surface area contributed by atoms with Crippen LogP contribution in [0.15, 0.2) is 6.07 Å². The van der Waals surface area contributed by atoms with Crippen molar-refractivity contribution in [3.63, 3.8) is 0 Å². The van der Waals surface area contributed by atoms with Crippen LogP contribution in [0.3, 0.4) is 0 Å². The van der Waals surface area contributed by atoms with Gasteiger partial charge < -0.3 is 9.64 Å². The molecule has 1 heterocycles. The fourth-order valence-electron chi connectivity index (χ4n) is 3.29. The lowest BCUT2D eigenvalue weighted by Gasteiger charge is -2.31. The van der Waals surface area contributed by atoms with Gasteiger partial charge in [-0.3, -0.25) is 0 Å². The second kappa shape index (κ2) is 6.03. The number of hydrogen-bond acceptors (Lipinski definition) is 4. The Morgan fingerprint density at radius 2 is 2.29 bits per heavy atom. The predicted octanol–water partition coefficient (Wildman–Crippen LogP) is 2.69. The van der Waals surface area contributed by atoms with E-state index in [1.54, 1.807) is 7.11 Å². The molecule has 1 fully saturated rings. The lowest BCUT2D eigenvalue weighted by molar-refractivity contribution is 0.202. The van der Waals surface area contributed by atoms with E-state index < -0.39 is 0 Å². The van der Waals surface area contributed by atoms with E-state index in [1.807, 2.05) is 0 Å². The number of nitriles is 1.